The van der Waals surface area contributed by atoms with Crippen LogP contribution in [0, 0.1) is 0 Å². The molecule has 0 aliphatic carbocycles. The van der Waals surface area contributed by atoms with Crippen molar-refractivity contribution in [3.63, 3.8) is 0 Å². The average molecular weight is 245 g/mol. The van der Waals surface area contributed by atoms with Crippen molar-refractivity contribution in [2.45, 2.75) is 18.8 Å². The molecule has 1 aromatic rings. The summed E-state index contributed by atoms with van der Waals surface area (Å²) in [5.74, 6) is 1.63. The molecule has 0 radical (unpaired) electrons. The highest BCUT2D eigenvalue weighted by molar-refractivity contribution is 7.98. The van der Waals surface area contributed by atoms with E-state index in [9.17, 15) is 0 Å². The van der Waals surface area contributed by atoms with Gasteiger partial charge in [-0.2, -0.15) is 11.8 Å². The first kappa shape index (κ1) is 12.7. The summed E-state index contributed by atoms with van der Waals surface area (Å²) in [6.45, 7) is 2.22. The monoisotopic (exact) mass is 244 g/mol. The van der Waals surface area contributed by atoms with Crippen LogP contribution in [0.3, 0.4) is 0 Å². The molecule has 0 saturated heterocycles. The van der Waals surface area contributed by atoms with E-state index >= 15 is 0 Å². The first-order valence-corrected chi connectivity index (χ1v) is 6.84. The molecule has 1 rings (SSSR count). The van der Waals surface area contributed by atoms with Gasteiger partial charge in [0.1, 0.15) is 0 Å². The number of thioether (sulfide) groups is 1. The zero-order valence-electron chi connectivity index (χ0n) is 9.40. The SMILES string of the molecule is CSCC(C)N(C)c1ccncc1CCl. The fourth-order valence-electron chi connectivity index (χ4n) is 1.46. The molecule has 1 unspecified atom stereocenters. The first-order chi connectivity index (χ1) is 7.20. The maximum Gasteiger partial charge on any atom is 0.0509 e. The van der Waals surface area contributed by atoms with Gasteiger partial charge in [0, 0.05) is 42.5 Å². The van der Waals surface area contributed by atoms with Gasteiger partial charge in [0.05, 0.1) is 5.88 Å². The van der Waals surface area contributed by atoms with Gasteiger partial charge in [-0.3, -0.25) is 4.98 Å². The number of nitrogens with zero attached hydrogens (tertiary/aromatic N) is 2. The maximum absolute atomic E-state index is 5.89. The van der Waals surface area contributed by atoms with Crippen LogP contribution in [0.1, 0.15) is 12.5 Å². The molecule has 0 spiro atoms. The number of alkyl halides is 1. The third kappa shape index (κ3) is 3.28. The van der Waals surface area contributed by atoms with Crippen LogP contribution in [-0.2, 0) is 5.88 Å². The summed E-state index contributed by atoms with van der Waals surface area (Å²) in [6, 6.07) is 2.53. The molecular weight excluding hydrogens is 228 g/mol. The lowest BCUT2D eigenvalue weighted by molar-refractivity contribution is 0.761. The summed E-state index contributed by atoms with van der Waals surface area (Å²) >= 11 is 7.74. The summed E-state index contributed by atoms with van der Waals surface area (Å²) < 4.78 is 0. The second-order valence-electron chi connectivity index (χ2n) is 3.55. The van der Waals surface area contributed by atoms with Crippen LogP contribution in [0.25, 0.3) is 0 Å². The lowest BCUT2D eigenvalue weighted by Gasteiger charge is -2.28. The zero-order valence-corrected chi connectivity index (χ0v) is 11.0. The fourth-order valence-corrected chi connectivity index (χ4v) is 2.37. The van der Waals surface area contributed by atoms with E-state index in [1.54, 1.807) is 0 Å². The van der Waals surface area contributed by atoms with Gasteiger partial charge in [-0.1, -0.05) is 0 Å². The Hall–Kier alpha value is -0.410. The minimum atomic E-state index is 0.504. The quantitative estimate of drug-likeness (QED) is 0.741. The third-order valence-electron chi connectivity index (χ3n) is 2.47. The van der Waals surface area contributed by atoms with Crippen LogP contribution in [-0.4, -0.2) is 30.1 Å². The number of hydrogen-bond donors (Lipinski definition) is 0. The second-order valence-corrected chi connectivity index (χ2v) is 4.73. The van der Waals surface area contributed by atoms with Crippen molar-refractivity contribution in [1.82, 2.24) is 4.98 Å². The van der Waals surface area contributed by atoms with Crippen molar-refractivity contribution in [2.24, 2.45) is 0 Å². The Bertz CT molecular complexity index is 306. The number of aromatic nitrogens is 1. The summed E-state index contributed by atoms with van der Waals surface area (Å²) in [5, 5.41) is 0. The van der Waals surface area contributed by atoms with Crippen molar-refractivity contribution in [3.8, 4) is 0 Å². The van der Waals surface area contributed by atoms with Crippen molar-refractivity contribution < 1.29 is 0 Å². The Kier molecular flexibility index (Phi) is 5.26. The van der Waals surface area contributed by atoms with E-state index in [2.05, 4.69) is 30.1 Å². The predicted octanol–water partition coefficient (Wildman–Crippen LogP) is 3.01. The number of rotatable bonds is 5. The maximum atomic E-state index is 5.89. The normalized spacial score (nSPS) is 12.5. The Morgan fingerprint density at radius 3 is 2.93 bits per heavy atom. The van der Waals surface area contributed by atoms with Crippen molar-refractivity contribution in [3.05, 3.63) is 24.0 Å². The average Bonchev–Trinajstić information content (AvgIpc) is 2.28. The van der Waals surface area contributed by atoms with Gasteiger partial charge in [0.15, 0.2) is 0 Å². The van der Waals surface area contributed by atoms with Crippen molar-refractivity contribution in [2.75, 3.05) is 24.0 Å². The van der Waals surface area contributed by atoms with Gasteiger partial charge in [0.25, 0.3) is 0 Å². The van der Waals surface area contributed by atoms with E-state index in [1.165, 1.54) is 5.69 Å². The third-order valence-corrected chi connectivity index (χ3v) is 3.57. The van der Waals surface area contributed by atoms with Crippen LogP contribution < -0.4 is 4.90 Å². The Morgan fingerprint density at radius 1 is 1.60 bits per heavy atom. The second kappa shape index (κ2) is 6.23. The lowest BCUT2D eigenvalue weighted by Crippen LogP contribution is -2.31. The van der Waals surface area contributed by atoms with Crippen LogP contribution in [0.4, 0.5) is 5.69 Å². The molecule has 15 heavy (non-hydrogen) atoms. The highest BCUT2D eigenvalue weighted by Crippen LogP contribution is 2.22. The summed E-state index contributed by atoms with van der Waals surface area (Å²) in [4.78, 5) is 6.35. The van der Waals surface area contributed by atoms with Crippen molar-refractivity contribution >= 4 is 29.1 Å². The van der Waals surface area contributed by atoms with E-state index < -0.39 is 0 Å². The smallest absolute Gasteiger partial charge is 0.0509 e. The van der Waals surface area contributed by atoms with Gasteiger partial charge >= 0.3 is 0 Å². The molecule has 1 aromatic heterocycles. The molecule has 1 heterocycles. The van der Waals surface area contributed by atoms with Crippen LogP contribution in [0.5, 0.6) is 0 Å². The highest BCUT2D eigenvalue weighted by Gasteiger charge is 2.12. The molecule has 2 nitrogen and oxygen atoms in total. The van der Waals surface area contributed by atoms with E-state index in [4.69, 9.17) is 11.6 Å². The molecular formula is C11H17ClN2S. The standard InChI is InChI=1S/C11H17ClN2S/c1-9(8-15-3)14(2)11-4-5-13-7-10(11)6-12/h4-5,7,9H,6,8H2,1-3H3. The van der Waals surface area contributed by atoms with Crippen LogP contribution in [0.2, 0.25) is 0 Å². The summed E-state index contributed by atoms with van der Waals surface area (Å²) in [7, 11) is 2.10. The minimum Gasteiger partial charge on any atom is -0.371 e. The predicted molar refractivity (Wildman–Crippen MR) is 70.0 cm³/mol. The zero-order chi connectivity index (χ0) is 11.3. The van der Waals surface area contributed by atoms with E-state index in [-0.39, 0.29) is 0 Å². The summed E-state index contributed by atoms with van der Waals surface area (Å²) in [6.07, 6.45) is 5.78. The molecule has 0 aliphatic rings. The Balaban J connectivity index is 2.84. The number of pyridine rings is 1. The Morgan fingerprint density at radius 2 is 2.33 bits per heavy atom. The molecule has 0 bridgehead atoms. The van der Waals surface area contributed by atoms with Gasteiger partial charge in [0.2, 0.25) is 0 Å². The van der Waals surface area contributed by atoms with E-state index in [0.29, 0.717) is 11.9 Å². The minimum absolute atomic E-state index is 0.504. The van der Waals surface area contributed by atoms with E-state index in [1.807, 2.05) is 30.2 Å². The van der Waals surface area contributed by atoms with Gasteiger partial charge < -0.3 is 4.90 Å². The first-order valence-electron chi connectivity index (χ1n) is 4.91. The molecule has 84 valence electrons. The van der Waals surface area contributed by atoms with Crippen molar-refractivity contribution in [1.29, 1.82) is 0 Å². The molecule has 0 N–H and O–H groups in total. The summed E-state index contributed by atoms with van der Waals surface area (Å²) in [5.41, 5.74) is 2.27. The molecule has 0 fully saturated rings. The molecule has 0 aliphatic heterocycles. The van der Waals surface area contributed by atoms with Crippen LogP contribution in [0.15, 0.2) is 18.5 Å². The van der Waals surface area contributed by atoms with Gasteiger partial charge in [-0.05, 0) is 19.2 Å². The molecule has 4 heteroatoms. The number of hydrogen-bond acceptors (Lipinski definition) is 3. The van der Waals surface area contributed by atoms with E-state index in [0.717, 1.165) is 11.3 Å². The Labute approximate surface area is 101 Å². The molecule has 1 atom stereocenters. The highest BCUT2D eigenvalue weighted by atomic mass is 35.5. The fraction of sp³-hybridized carbons (Fsp3) is 0.545. The molecule has 0 saturated carbocycles. The lowest BCUT2D eigenvalue weighted by atomic mass is 10.2. The largest absolute Gasteiger partial charge is 0.371 e. The van der Waals surface area contributed by atoms with Gasteiger partial charge in [-0.15, -0.1) is 11.6 Å². The van der Waals surface area contributed by atoms with Gasteiger partial charge in [-0.25, -0.2) is 0 Å². The topological polar surface area (TPSA) is 16.1 Å². The van der Waals surface area contributed by atoms with Crippen LogP contribution >= 0.6 is 23.4 Å². The molecule has 0 aromatic carbocycles. The number of halogens is 1. The molecule has 0 amide bonds. The number of anilines is 1.